The Morgan fingerprint density at radius 2 is 2.33 bits per heavy atom. The lowest BCUT2D eigenvalue weighted by molar-refractivity contribution is 0.265. The van der Waals surface area contributed by atoms with Crippen LogP contribution in [-0.4, -0.2) is 11.7 Å². The predicted molar refractivity (Wildman–Crippen MR) is 36.7 cm³/mol. The van der Waals surface area contributed by atoms with Crippen molar-refractivity contribution in [3.63, 3.8) is 0 Å². The van der Waals surface area contributed by atoms with Crippen molar-refractivity contribution < 1.29 is 5.11 Å². The lowest BCUT2D eigenvalue weighted by Crippen LogP contribution is -2.01. The van der Waals surface area contributed by atoms with E-state index in [0.717, 1.165) is 12.3 Å². The van der Waals surface area contributed by atoms with Gasteiger partial charge < -0.3 is 5.11 Å². The van der Waals surface area contributed by atoms with Crippen LogP contribution in [0.4, 0.5) is 0 Å². The Morgan fingerprint density at radius 1 is 1.67 bits per heavy atom. The first-order valence-electron chi connectivity index (χ1n) is 3.45. The zero-order valence-electron chi connectivity index (χ0n) is 5.51. The molecule has 0 heterocycles. The summed E-state index contributed by atoms with van der Waals surface area (Å²) in [6.45, 7) is 0.241. The third-order valence-corrected chi connectivity index (χ3v) is 1.85. The van der Waals surface area contributed by atoms with E-state index < -0.39 is 0 Å². The normalized spacial score (nSPS) is 20.9. The van der Waals surface area contributed by atoms with Gasteiger partial charge in [0.25, 0.3) is 0 Å². The molecule has 1 heteroatoms. The highest BCUT2D eigenvalue weighted by Gasteiger charge is 2.28. The molecule has 1 saturated carbocycles. The highest BCUT2D eigenvalue weighted by molar-refractivity contribution is 5.00. The molecule has 0 aromatic carbocycles. The van der Waals surface area contributed by atoms with Crippen molar-refractivity contribution in [2.24, 2.45) is 11.8 Å². The maximum atomic E-state index is 8.55. The third-order valence-electron chi connectivity index (χ3n) is 1.85. The second kappa shape index (κ2) is 2.89. The maximum absolute atomic E-state index is 8.55. The van der Waals surface area contributed by atoms with E-state index in [1.54, 1.807) is 0 Å². The summed E-state index contributed by atoms with van der Waals surface area (Å²) in [4.78, 5) is 0. The van der Waals surface area contributed by atoms with Gasteiger partial charge >= 0.3 is 0 Å². The fraction of sp³-hybridized carbons (Fsp3) is 0.750. The monoisotopic (exact) mass is 124 g/mol. The molecule has 1 aliphatic carbocycles. The third kappa shape index (κ3) is 1.73. The number of terminal acetylenes is 1. The van der Waals surface area contributed by atoms with Crippen LogP contribution in [0.3, 0.4) is 0 Å². The lowest BCUT2D eigenvalue weighted by Gasteiger charge is -2.04. The molecule has 0 saturated heterocycles. The summed E-state index contributed by atoms with van der Waals surface area (Å²) in [6.07, 6.45) is 8.58. The number of aliphatic hydroxyl groups excluding tert-OH is 1. The van der Waals surface area contributed by atoms with Crippen LogP contribution in [0.15, 0.2) is 0 Å². The zero-order chi connectivity index (χ0) is 6.69. The van der Waals surface area contributed by atoms with Gasteiger partial charge in [0.15, 0.2) is 0 Å². The van der Waals surface area contributed by atoms with Crippen molar-refractivity contribution in [1.82, 2.24) is 0 Å². The molecule has 0 aromatic heterocycles. The minimum absolute atomic E-state index is 0.241. The lowest BCUT2D eigenvalue weighted by atomic mass is 10.0. The second-order valence-electron chi connectivity index (χ2n) is 2.62. The molecule has 50 valence electrons. The molecule has 1 nitrogen and oxygen atoms in total. The molecule has 9 heavy (non-hydrogen) atoms. The van der Waals surface area contributed by atoms with Gasteiger partial charge in [-0.25, -0.2) is 0 Å². The number of hydrogen-bond acceptors (Lipinski definition) is 1. The van der Waals surface area contributed by atoms with Crippen LogP contribution in [0, 0.1) is 24.2 Å². The van der Waals surface area contributed by atoms with Crippen LogP contribution in [0.2, 0.25) is 0 Å². The molecule has 0 radical (unpaired) electrons. The van der Waals surface area contributed by atoms with E-state index in [2.05, 4.69) is 5.92 Å². The Labute approximate surface area is 56.1 Å². The van der Waals surface area contributed by atoms with E-state index >= 15 is 0 Å². The summed E-state index contributed by atoms with van der Waals surface area (Å²) in [6, 6.07) is 0. The van der Waals surface area contributed by atoms with Gasteiger partial charge in [0.1, 0.15) is 0 Å². The first-order chi connectivity index (χ1) is 4.38. The van der Waals surface area contributed by atoms with Gasteiger partial charge in [0, 0.05) is 12.5 Å². The van der Waals surface area contributed by atoms with Gasteiger partial charge in [-0.3, -0.25) is 0 Å². The first-order valence-corrected chi connectivity index (χ1v) is 3.45. The van der Waals surface area contributed by atoms with E-state index in [1.165, 1.54) is 12.8 Å². The Hall–Kier alpha value is -0.480. The van der Waals surface area contributed by atoms with Gasteiger partial charge in [0.05, 0.1) is 0 Å². The molecule has 1 N–H and O–H groups in total. The van der Waals surface area contributed by atoms with Crippen LogP contribution < -0.4 is 0 Å². The Balaban J connectivity index is 2.23. The second-order valence-corrected chi connectivity index (χ2v) is 2.62. The summed E-state index contributed by atoms with van der Waals surface area (Å²) >= 11 is 0. The smallest absolute Gasteiger partial charge is 0.0442 e. The van der Waals surface area contributed by atoms with Gasteiger partial charge in [-0.05, 0) is 25.2 Å². The number of aliphatic hydroxyl groups is 1. The predicted octanol–water partition coefficient (Wildman–Crippen LogP) is 1.03. The van der Waals surface area contributed by atoms with Gasteiger partial charge in [-0.15, -0.1) is 12.3 Å². The van der Waals surface area contributed by atoms with Crippen LogP contribution >= 0.6 is 0 Å². The average Bonchev–Trinajstić information content (AvgIpc) is 2.64. The summed E-state index contributed by atoms with van der Waals surface area (Å²) < 4.78 is 0. The van der Waals surface area contributed by atoms with Crippen LogP contribution in [0.1, 0.15) is 19.3 Å². The van der Waals surface area contributed by atoms with Crippen molar-refractivity contribution in [1.29, 1.82) is 0 Å². The van der Waals surface area contributed by atoms with E-state index in [-0.39, 0.29) is 6.61 Å². The summed E-state index contributed by atoms with van der Waals surface area (Å²) in [7, 11) is 0. The highest BCUT2D eigenvalue weighted by atomic mass is 16.3. The molecule has 1 aliphatic rings. The molecule has 1 unspecified atom stereocenters. The van der Waals surface area contributed by atoms with Gasteiger partial charge in [-0.2, -0.15) is 0 Å². The summed E-state index contributed by atoms with van der Waals surface area (Å²) in [5.74, 6) is 3.80. The van der Waals surface area contributed by atoms with Crippen LogP contribution in [-0.2, 0) is 0 Å². The van der Waals surface area contributed by atoms with Crippen molar-refractivity contribution in [3.05, 3.63) is 0 Å². The standard InChI is InChI=1S/C8H12O/c1-2-7(5-6-9)8-3-4-8/h1,7-9H,3-6H2. The highest BCUT2D eigenvalue weighted by Crippen LogP contribution is 2.37. The van der Waals surface area contributed by atoms with E-state index in [4.69, 9.17) is 11.5 Å². The molecule has 0 aromatic rings. The van der Waals surface area contributed by atoms with Gasteiger partial charge in [-0.1, -0.05) is 0 Å². The summed E-state index contributed by atoms with van der Waals surface area (Å²) in [5.41, 5.74) is 0. The largest absolute Gasteiger partial charge is 0.396 e. The van der Waals surface area contributed by atoms with Crippen molar-refractivity contribution in [2.75, 3.05) is 6.61 Å². The molecule has 0 bridgehead atoms. The molecule has 1 rings (SSSR count). The number of hydrogen-bond donors (Lipinski definition) is 1. The van der Waals surface area contributed by atoms with Crippen molar-refractivity contribution >= 4 is 0 Å². The Kier molecular flexibility index (Phi) is 2.13. The first kappa shape index (κ1) is 6.64. The van der Waals surface area contributed by atoms with Crippen LogP contribution in [0.5, 0.6) is 0 Å². The molecular weight excluding hydrogens is 112 g/mol. The molecule has 0 amide bonds. The molecule has 0 spiro atoms. The van der Waals surface area contributed by atoms with Crippen molar-refractivity contribution in [3.8, 4) is 12.3 Å². The minimum Gasteiger partial charge on any atom is -0.396 e. The Bertz CT molecular complexity index is 119. The summed E-state index contributed by atoms with van der Waals surface area (Å²) in [5, 5.41) is 8.55. The van der Waals surface area contributed by atoms with E-state index in [0.29, 0.717) is 5.92 Å². The minimum atomic E-state index is 0.241. The topological polar surface area (TPSA) is 20.2 Å². The zero-order valence-corrected chi connectivity index (χ0v) is 5.51. The van der Waals surface area contributed by atoms with E-state index in [1.807, 2.05) is 0 Å². The molecule has 0 aliphatic heterocycles. The number of rotatable bonds is 3. The maximum Gasteiger partial charge on any atom is 0.0442 e. The fourth-order valence-electron chi connectivity index (χ4n) is 1.09. The fourth-order valence-corrected chi connectivity index (χ4v) is 1.09. The average molecular weight is 124 g/mol. The Morgan fingerprint density at radius 3 is 2.67 bits per heavy atom. The molecule has 1 fully saturated rings. The molecule has 1 atom stereocenters. The quantitative estimate of drug-likeness (QED) is 0.557. The molecular formula is C8H12O. The van der Waals surface area contributed by atoms with Crippen LogP contribution in [0.25, 0.3) is 0 Å². The van der Waals surface area contributed by atoms with Gasteiger partial charge in [0.2, 0.25) is 0 Å². The van der Waals surface area contributed by atoms with E-state index in [9.17, 15) is 0 Å². The SMILES string of the molecule is C#CC(CCO)C1CC1. The van der Waals surface area contributed by atoms with Crippen molar-refractivity contribution in [2.45, 2.75) is 19.3 Å².